The van der Waals surface area contributed by atoms with E-state index in [9.17, 15) is 13.5 Å². The van der Waals surface area contributed by atoms with Crippen LogP contribution in [0.15, 0.2) is 0 Å². The maximum Gasteiger partial charge on any atom is 0.211 e. The first-order valence-electron chi connectivity index (χ1n) is 5.25. The van der Waals surface area contributed by atoms with Gasteiger partial charge in [0.25, 0.3) is 0 Å². The van der Waals surface area contributed by atoms with Crippen molar-refractivity contribution in [2.75, 3.05) is 39.0 Å². The van der Waals surface area contributed by atoms with Gasteiger partial charge in [-0.25, -0.2) is 12.7 Å². The van der Waals surface area contributed by atoms with E-state index in [2.05, 4.69) is 5.32 Å². The summed E-state index contributed by atoms with van der Waals surface area (Å²) in [6, 6.07) is 0. The van der Waals surface area contributed by atoms with Gasteiger partial charge in [-0.05, 0) is 18.9 Å². The van der Waals surface area contributed by atoms with Gasteiger partial charge in [-0.1, -0.05) is 0 Å². The molecule has 2 aliphatic heterocycles. The van der Waals surface area contributed by atoms with Crippen LogP contribution in [0.3, 0.4) is 0 Å². The van der Waals surface area contributed by atoms with Gasteiger partial charge >= 0.3 is 0 Å². The lowest BCUT2D eigenvalue weighted by molar-refractivity contribution is 0.0734. The number of nitrogens with zero attached hydrogens (tertiary/aromatic N) is 1. The van der Waals surface area contributed by atoms with Gasteiger partial charge in [0.05, 0.1) is 12.9 Å². The molecule has 0 spiro atoms. The van der Waals surface area contributed by atoms with Crippen molar-refractivity contribution in [2.24, 2.45) is 11.3 Å². The van der Waals surface area contributed by atoms with E-state index >= 15 is 0 Å². The second-order valence-corrected chi connectivity index (χ2v) is 6.72. The third-order valence-corrected chi connectivity index (χ3v) is 4.93. The number of fused-ring (bicyclic) bond motifs is 1. The molecule has 0 aromatic carbocycles. The van der Waals surface area contributed by atoms with E-state index in [1.807, 2.05) is 0 Å². The molecule has 2 saturated heterocycles. The average molecular weight is 234 g/mol. The lowest BCUT2D eigenvalue weighted by atomic mass is 9.75. The first-order chi connectivity index (χ1) is 6.98. The lowest BCUT2D eigenvalue weighted by Gasteiger charge is -2.37. The summed E-state index contributed by atoms with van der Waals surface area (Å²) in [5.41, 5.74) is -0.249. The number of hydrogen-bond donors (Lipinski definition) is 2. The molecule has 2 rings (SSSR count). The fraction of sp³-hybridized carbons (Fsp3) is 1.00. The summed E-state index contributed by atoms with van der Waals surface area (Å²) in [4.78, 5) is 0. The van der Waals surface area contributed by atoms with Gasteiger partial charge in [0.2, 0.25) is 10.0 Å². The summed E-state index contributed by atoms with van der Waals surface area (Å²) in [6.07, 6.45) is 2.19. The predicted molar refractivity (Wildman–Crippen MR) is 56.9 cm³/mol. The third-order valence-electron chi connectivity index (χ3n) is 3.71. The molecule has 0 saturated carbocycles. The van der Waals surface area contributed by atoms with Crippen molar-refractivity contribution in [3.8, 4) is 0 Å². The molecular formula is C9H18N2O3S. The first kappa shape index (κ1) is 11.3. The zero-order chi connectivity index (χ0) is 11.1. The van der Waals surface area contributed by atoms with Crippen molar-refractivity contribution >= 4 is 10.0 Å². The maximum absolute atomic E-state index is 11.5. The van der Waals surface area contributed by atoms with Crippen LogP contribution in [0.25, 0.3) is 0 Å². The quantitative estimate of drug-likeness (QED) is 0.633. The predicted octanol–water partition coefficient (Wildman–Crippen LogP) is -1.15. The van der Waals surface area contributed by atoms with Crippen molar-refractivity contribution in [2.45, 2.75) is 6.42 Å². The highest BCUT2D eigenvalue weighted by molar-refractivity contribution is 7.88. The van der Waals surface area contributed by atoms with Crippen LogP contribution in [-0.2, 0) is 10.0 Å². The van der Waals surface area contributed by atoms with Crippen molar-refractivity contribution in [1.82, 2.24) is 9.62 Å². The summed E-state index contributed by atoms with van der Waals surface area (Å²) in [5, 5.41) is 12.7. The van der Waals surface area contributed by atoms with Gasteiger partial charge in [0.1, 0.15) is 0 Å². The first-order valence-corrected chi connectivity index (χ1v) is 7.09. The van der Waals surface area contributed by atoms with Crippen LogP contribution in [0.5, 0.6) is 0 Å². The maximum atomic E-state index is 11.5. The Kier molecular flexibility index (Phi) is 2.79. The second-order valence-electron chi connectivity index (χ2n) is 4.74. The van der Waals surface area contributed by atoms with Crippen LogP contribution in [0.1, 0.15) is 6.42 Å². The van der Waals surface area contributed by atoms with Crippen molar-refractivity contribution in [3.05, 3.63) is 0 Å². The van der Waals surface area contributed by atoms with Crippen LogP contribution in [0, 0.1) is 11.3 Å². The highest BCUT2D eigenvalue weighted by Gasteiger charge is 2.49. The molecule has 0 bridgehead atoms. The van der Waals surface area contributed by atoms with Crippen LogP contribution in [-0.4, -0.2) is 56.9 Å². The summed E-state index contributed by atoms with van der Waals surface area (Å²) in [6.45, 7) is 2.74. The monoisotopic (exact) mass is 234 g/mol. The SMILES string of the molecule is CS(=O)(=O)N1CC2CCNCC2(CO)C1. The Balaban J connectivity index is 2.21. The zero-order valence-electron chi connectivity index (χ0n) is 8.94. The van der Waals surface area contributed by atoms with Crippen LogP contribution in [0.2, 0.25) is 0 Å². The van der Waals surface area contributed by atoms with Crippen molar-refractivity contribution in [3.63, 3.8) is 0 Å². The van der Waals surface area contributed by atoms with Gasteiger partial charge in [-0.15, -0.1) is 0 Å². The Bertz CT molecular complexity index is 343. The van der Waals surface area contributed by atoms with Crippen LogP contribution < -0.4 is 5.32 Å². The number of piperidine rings is 1. The van der Waals surface area contributed by atoms with E-state index < -0.39 is 10.0 Å². The average Bonchev–Trinajstić information content (AvgIpc) is 2.57. The molecule has 0 aromatic rings. The summed E-state index contributed by atoms with van der Waals surface area (Å²) < 4.78 is 24.4. The molecule has 0 aromatic heterocycles. The van der Waals surface area contributed by atoms with E-state index in [1.54, 1.807) is 0 Å². The minimum atomic E-state index is -3.11. The molecular weight excluding hydrogens is 216 g/mol. The minimum Gasteiger partial charge on any atom is -0.396 e. The number of hydrogen-bond acceptors (Lipinski definition) is 4. The number of aliphatic hydroxyl groups excluding tert-OH is 1. The lowest BCUT2D eigenvalue weighted by Crippen LogP contribution is -2.48. The third kappa shape index (κ3) is 1.91. The number of rotatable bonds is 2. The molecule has 2 unspecified atom stereocenters. The second kappa shape index (κ2) is 3.69. The van der Waals surface area contributed by atoms with E-state index in [4.69, 9.17) is 0 Å². The summed E-state index contributed by atoms with van der Waals surface area (Å²) >= 11 is 0. The fourth-order valence-corrected chi connectivity index (χ4v) is 3.63. The van der Waals surface area contributed by atoms with Crippen LogP contribution in [0.4, 0.5) is 0 Å². The normalized spacial score (nSPS) is 37.9. The van der Waals surface area contributed by atoms with Gasteiger partial charge in [-0.3, -0.25) is 0 Å². The molecule has 2 N–H and O–H groups in total. The van der Waals surface area contributed by atoms with Crippen molar-refractivity contribution in [1.29, 1.82) is 0 Å². The van der Waals surface area contributed by atoms with Crippen LogP contribution >= 0.6 is 0 Å². The molecule has 0 radical (unpaired) electrons. The topological polar surface area (TPSA) is 69.6 Å². The minimum absolute atomic E-state index is 0.0662. The molecule has 2 aliphatic rings. The Morgan fingerprint density at radius 3 is 2.87 bits per heavy atom. The molecule has 2 atom stereocenters. The molecule has 2 heterocycles. The van der Waals surface area contributed by atoms with E-state index in [0.29, 0.717) is 19.0 Å². The molecule has 15 heavy (non-hydrogen) atoms. The largest absolute Gasteiger partial charge is 0.396 e. The van der Waals surface area contributed by atoms with E-state index in [-0.39, 0.29) is 12.0 Å². The van der Waals surface area contributed by atoms with E-state index in [0.717, 1.165) is 19.5 Å². The Hall–Kier alpha value is -0.170. The van der Waals surface area contributed by atoms with E-state index in [1.165, 1.54) is 10.6 Å². The number of sulfonamides is 1. The van der Waals surface area contributed by atoms with Gasteiger partial charge in [-0.2, -0.15) is 0 Å². The van der Waals surface area contributed by atoms with Crippen molar-refractivity contribution < 1.29 is 13.5 Å². The molecule has 0 amide bonds. The smallest absolute Gasteiger partial charge is 0.211 e. The number of nitrogens with one attached hydrogen (secondary N) is 1. The fourth-order valence-electron chi connectivity index (χ4n) is 2.68. The van der Waals surface area contributed by atoms with Gasteiger partial charge in [0.15, 0.2) is 0 Å². The Morgan fingerprint density at radius 2 is 2.33 bits per heavy atom. The molecule has 5 nitrogen and oxygen atoms in total. The van der Waals surface area contributed by atoms with Gasteiger partial charge < -0.3 is 10.4 Å². The van der Waals surface area contributed by atoms with Gasteiger partial charge in [0, 0.05) is 25.0 Å². The summed E-state index contributed by atoms with van der Waals surface area (Å²) in [7, 11) is -3.11. The summed E-state index contributed by atoms with van der Waals surface area (Å²) in [5.74, 6) is 0.304. The molecule has 0 aliphatic carbocycles. The molecule has 88 valence electrons. The standard InChI is InChI=1S/C9H18N2O3S/c1-15(13,14)11-4-8-2-3-10-5-9(8,6-11)7-12/h8,10,12H,2-7H2,1H3. The Morgan fingerprint density at radius 1 is 1.60 bits per heavy atom. The Labute approximate surface area is 90.5 Å². The molecule has 2 fully saturated rings. The highest BCUT2D eigenvalue weighted by atomic mass is 32.2. The number of aliphatic hydroxyl groups is 1. The highest BCUT2D eigenvalue weighted by Crippen LogP contribution is 2.40. The molecule has 6 heteroatoms. The zero-order valence-corrected chi connectivity index (χ0v) is 9.76.